The van der Waals surface area contributed by atoms with Gasteiger partial charge >= 0.3 is 0 Å². The molecular weight excluding hydrogens is 276 g/mol. The summed E-state index contributed by atoms with van der Waals surface area (Å²) in [6.45, 7) is 3.75. The molecule has 1 aromatic carbocycles. The van der Waals surface area contributed by atoms with Gasteiger partial charge in [-0.3, -0.25) is 0 Å². The van der Waals surface area contributed by atoms with Crippen molar-refractivity contribution in [1.82, 2.24) is 4.72 Å². The molecule has 0 radical (unpaired) electrons. The molecule has 0 aliphatic carbocycles. The maximum atomic E-state index is 12.2. The van der Waals surface area contributed by atoms with Gasteiger partial charge in [0.1, 0.15) is 0 Å². The molecule has 6 heteroatoms. The van der Waals surface area contributed by atoms with Crippen LogP contribution in [-0.4, -0.2) is 35.2 Å². The second kappa shape index (κ2) is 6.56. The number of hydrogen-bond acceptors (Lipinski definition) is 4. The van der Waals surface area contributed by atoms with Crippen molar-refractivity contribution in [3.8, 4) is 0 Å². The first-order valence-corrected chi connectivity index (χ1v) is 8.36. The molecule has 1 aromatic rings. The molecule has 1 heterocycles. The van der Waals surface area contributed by atoms with Crippen molar-refractivity contribution in [1.29, 1.82) is 0 Å². The van der Waals surface area contributed by atoms with Crippen molar-refractivity contribution in [3.05, 3.63) is 23.8 Å². The number of hydrogen-bond donors (Lipinski definition) is 2. The molecular formula is C14H22N2O3S. The normalized spacial score (nSPS) is 16.3. The molecule has 5 nitrogen and oxygen atoms in total. The van der Waals surface area contributed by atoms with Crippen LogP contribution in [0.15, 0.2) is 23.1 Å². The average molecular weight is 298 g/mol. The van der Waals surface area contributed by atoms with Gasteiger partial charge < -0.3 is 10.1 Å². The third-order valence-electron chi connectivity index (χ3n) is 3.40. The Kier molecular flexibility index (Phi) is 5.01. The van der Waals surface area contributed by atoms with Crippen molar-refractivity contribution in [3.63, 3.8) is 0 Å². The van der Waals surface area contributed by atoms with Gasteiger partial charge in [0.05, 0.1) is 4.90 Å². The number of sulfonamides is 1. The zero-order chi connectivity index (χ0) is 14.6. The van der Waals surface area contributed by atoms with Gasteiger partial charge in [-0.15, -0.1) is 0 Å². The number of fused-ring (bicyclic) bond motifs is 1. The number of methoxy groups -OCH3 is 1. The number of rotatable bonds is 6. The highest BCUT2D eigenvalue weighted by Gasteiger charge is 2.18. The van der Waals surface area contributed by atoms with Gasteiger partial charge in [-0.2, -0.15) is 0 Å². The van der Waals surface area contributed by atoms with E-state index in [4.69, 9.17) is 4.74 Å². The van der Waals surface area contributed by atoms with Crippen molar-refractivity contribution in [2.24, 2.45) is 5.92 Å². The lowest BCUT2D eigenvalue weighted by molar-refractivity contribution is 0.161. The Morgan fingerprint density at radius 1 is 1.45 bits per heavy atom. The van der Waals surface area contributed by atoms with Crippen LogP contribution in [0.5, 0.6) is 0 Å². The Bertz CT molecular complexity index is 558. The van der Waals surface area contributed by atoms with E-state index in [2.05, 4.69) is 10.0 Å². The second-order valence-corrected chi connectivity index (χ2v) is 7.03. The smallest absolute Gasteiger partial charge is 0.240 e. The third kappa shape index (κ3) is 3.71. The van der Waals surface area contributed by atoms with Crippen molar-refractivity contribution in [2.75, 3.05) is 32.1 Å². The molecule has 1 aliphatic rings. The molecule has 0 saturated heterocycles. The van der Waals surface area contributed by atoms with Crippen molar-refractivity contribution in [2.45, 2.75) is 24.7 Å². The fourth-order valence-corrected chi connectivity index (χ4v) is 3.48. The molecule has 0 aromatic heterocycles. The minimum atomic E-state index is -3.45. The summed E-state index contributed by atoms with van der Waals surface area (Å²) >= 11 is 0. The number of anilines is 1. The summed E-state index contributed by atoms with van der Waals surface area (Å²) in [5.74, 6) is 0.144. The van der Waals surface area contributed by atoms with E-state index in [1.54, 1.807) is 19.2 Å². The van der Waals surface area contributed by atoms with Crippen LogP contribution in [0, 0.1) is 5.92 Å². The first-order valence-electron chi connectivity index (χ1n) is 6.88. The zero-order valence-corrected chi connectivity index (χ0v) is 12.8. The first kappa shape index (κ1) is 15.3. The average Bonchev–Trinajstić information content (AvgIpc) is 2.45. The Balaban J connectivity index is 2.09. The van der Waals surface area contributed by atoms with Crippen molar-refractivity contribution < 1.29 is 13.2 Å². The molecule has 1 aliphatic heterocycles. The quantitative estimate of drug-likeness (QED) is 0.837. The summed E-state index contributed by atoms with van der Waals surface area (Å²) in [7, 11) is -1.84. The van der Waals surface area contributed by atoms with E-state index in [0.29, 0.717) is 18.0 Å². The van der Waals surface area contributed by atoms with Gasteiger partial charge in [-0.25, -0.2) is 13.1 Å². The predicted molar refractivity (Wildman–Crippen MR) is 79.5 cm³/mol. The standard InChI is InChI=1S/C14H22N2O3S/c1-11(10-19-2)9-16-20(17,18)13-6-5-12-4-3-7-15-14(12)8-13/h5-6,8,11,15-16H,3-4,7,9-10H2,1-2H3. The van der Waals surface area contributed by atoms with Crippen LogP contribution in [-0.2, 0) is 21.2 Å². The highest BCUT2D eigenvalue weighted by molar-refractivity contribution is 7.89. The van der Waals surface area contributed by atoms with E-state index in [9.17, 15) is 8.42 Å². The fraction of sp³-hybridized carbons (Fsp3) is 0.571. The van der Waals surface area contributed by atoms with Gasteiger partial charge in [-0.05, 0) is 36.5 Å². The lowest BCUT2D eigenvalue weighted by atomic mass is 10.0. The van der Waals surface area contributed by atoms with Crippen LogP contribution in [0.3, 0.4) is 0 Å². The van der Waals surface area contributed by atoms with Crippen molar-refractivity contribution >= 4 is 15.7 Å². The lowest BCUT2D eigenvalue weighted by Gasteiger charge is -2.19. The molecule has 0 fully saturated rings. The van der Waals surface area contributed by atoms with E-state index < -0.39 is 10.0 Å². The number of aryl methyl sites for hydroxylation is 1. The maximum Gasteiger partial charge on any atom is 0.240 e. The fourth-order valence-electron chi connectivity index (χ4n) is 2.29. The number of nitrogens with one attached hydrogen (secondary N) is 2. The van der Waals surface area contributed by atoms with Crippen LogP contribution in [0.1, 0.15) is 18.9 Å². The van der Waals surface area contributed by atoms with Crippen LogP contribution >= 0.6 is 0 Å². The predicted octanol–water partition coefficient (Wildman–Crippen LogP) is 1.61. The van der Waals surface area contributed by atoms with Crippen LogP contribution < -0.4 is 10.0 Å². The number of benzene rings is 1. The summed E-state index contributed by atoms with van der Waals surface area (Å²) < 4.78 is 32.1. The Morgan fingerprint density at radius 3 is 3.00 bits per heavy atom. The zero-order valence-electron chi connectivity index (χ0n) is 12.0. The summed E-state index contributed by atoms with van der Waals surface area (Å²) in [4.78, 5) is 0.315. The molecule has 1 atom stereocenters. The topological polar surface area (TPSA) is 67.4 Å². The largest absolute Gasteiger partial charge is 0.385 e. The number of ether oxygens (including phenoxy) is 1. The van der Waals surface area contributed by atoms with Gasteiger partial charge in [0.15, 0.2) is 0 Å². The minimum Gasteiger partial charge on any atom is -0.385 e. The monoisotopic (exact) mass is 298 g/mol. The molecule has 2 rings (SSSR count). The third-order valence-corrected chi connectivity index (χ3v) is 4.82. The van der Waals surface area contributed by atoms with Crippen LogP contribution in [0.2, 0.25) is 0 Å². The molecule has 0 spiro atoms. The highest BCUT2D eigenvalue weighted by Crippen LogP contribution is 2.25. The Labute approximate surface area is 120 Å². The Hall–Kier alpha value is -1.11. The van der Waals surface area contributed by atoms with E-state index in [-0.39, 0.29) is 5.92 Å². The van der Waals surface area contributed by atoms with Crippen LogP contribution in [0.4, 0.5) is 5.69 Å². The van der Waals surface area contributed by atoms with Gasteiger partial charge in [0.25, 0.3) is 0 Å². The molecule has 1 unspecified atom stereocenters. The molecule has 112 valence electrons. The SMILES string of the molecule is COCC(C)CNS(=O)(=O)c1ccc2c(c1)NCCC2. The Morgan fingerprint density at radius 2 is 2.25 bits per heavy atom. The summed E-state index contributed by atoms with van der Waals surface area (Å²) in [6.07, 6.45) is 2.09. The first-order chi connectivity index (χ1) is 9.53. The van der Waals surface area contributed by atoms with E-state index in [0.717, 1.165) is 25.1 Å². The molecule has 0 bridgehead atoms. The van der Waals surface area contributed by atoms with Gasteiger partial charge in [0, 0.05) is 32.5 Å². The molecule has 2 N–H and O–H groups in total. The maximum absolute atomic E-state index is 12.2. The summed E-state index contributed by atoms with van der Waals surface area (Å²) in [6, 6.07) is 5.29. The minimum absolute atomic E-state index is 0.144. The molecule has 0 saturated carbocycles. The highest BCUT2D eigenvalue weighted by atomic mass is 32.2. The molecule has 0 amide bonds. The van der Waals surface area contributed by atoms with Crippen LogP contribution in [0.25, 0.3) is 0 Å². The molecule has 20 heavy (non-hydrogen) atoms. The van der Waals surface area contributed by atoms with Gasteiger partial charge in [0.2, 0.25) is 10.0 Å². The summed E-state index contributed by atoms with van der Waals surface area (Å²) in [5, 5.41) is 3.25. The van der Waals surface area contributed by atoms with Gasteiger partial charge in [-0.1, -0.05) is 13.0 Å². The van der Waals surface area contributed by atoms with E-state index in [1.165, 1.54) is 5.56 Å². The van der Waals surface area contributed by atoms with E-state index in [1.807, 2.05) is 13.0 Å². The summed E-state index contributed by atoms with van der Waals surface area (Å²) in [5.41, 5.74) is 2.12. The lowest BCUT2D eigenvalue weighted by Crippen LogP contribution is -2.30. The second-order valence-electron chi connectivity index (χ2n) is 5.26. The van der Waals surface area contributed by atoms with E-state index >= 15 is 0 Å².